The maximum atomic E-state index is 13.3. The van der Waals surface area contributed by atoms with Crippen LogP contribution in [0.5, 0.6) is 0 Å². The molecule has 0 spiro atoms. The number of aromatic nitrogens is 2. The lowest BCUT2D eigenvalue weighted by Gasteiger charge is -2.58. The predicted molar refractivity (Wildman–Crippen MR) is 88.6 cm³/mol. The van der Waals surface area contributed by atoms with E-state index in [9.17, 15) is 4.79 Å². The van der Waals surface area contributed by atoms with Crippen molar-refractivity contribution in [2.45, 2.75) is 66.7 Å². The number of fused-ring (bicyclic) bond motifs is 1. The fraction of sp³-hybridized carbons (Fsp3) is 0.789. The van der Waals surface area contributed by atoms with Gasteiger partial charge in [0.25, 0.3) is 0 Å². The van der Waals surface area contributed by atoms with E-state index in [1.54, 1.807) is 17.1 Å². The summed E-state index contributed by atoms with van der Waals surface area (Å²) in [4.78, 5) is 17.4. The first-order valence-electron chi connectivity index (χ1n) is 8.71. The molecule has 3 rings (SSSR count). The van der Waals surface area contributed by atoms with Crippen LogP contribution >= 0.6 is 0 Å². The second-order valence-corrected chi connectivity index (χ2v) is 9.18. The number of carbonyl (C=O) groups excluding carboxylic acids is 1. The SMILES string of the molecule is CC1C2CC(C)(C)CCC2(C(=O)n2ccnc2)CCC1(C)C. The third-order valence-corrected chi connectivity index (χ3v) is 6.95. The monoisotopic (exact) mass is 302 g/mol. The molecule has 0 radical (unpaired) electrons. The van der Waals surface area contributed by atoms with Crippen LogP contribution in [0.25, 0.3) is 0 Å². The Morgan fingerprint density at radius 1 is 1.14 bits per heavy atom. The van der Waals surface area contributed by atoms with Gasteiger partial charge in [0, 0.05) is 12.4 Å². The van der Waals surface area contributed by atoms with Crippen LogP contribution in [-0.2, 0) is 0 Å². The van der Waals surface area contributed by atoms with Gasteiger partial charge in [0.15, 0.2) is 0 Å². The standard InChI is InChI=1S/C19H30N2O/c1-14-15-12-17(2,3)6-8-19(15,9-7-18(14,4)5)16(22)21-11-10-20-13-21/h10-11,13-15H,6-9,12H2,1-5H3. The molecule has 0 N–H and O–H groups in total. The van der Waals surface area contributed by atoms with Crippen LogP contribution in [0.2, 0.25) is 0 Å². The van der Waals surface area contributed by atoms with Crippen molar-refractivity contribution in [3.63, 3.8) is 0 Å². The Morgan fingerprint density at radius 2 is 1.82 bits per heavy atom. The van der Waals surface area contributed by atoms with E-state index in [2.05, 4.69) is 39.6 Å². The van der Waals surface area contributed by atoms with E-state index in [1.807, 2.05) is 6.20 Å². The van der Waals surface area contributed by atoms with E-state index in [0.29, 0.717) is 22.7 Å². The Labute approximate surface area is 134 Å². The topological polar surface area (TPSA) is 34.9 Å². The number of carbonyl (C=O) groups is 1. The van der Waals surface area contributed by atoms with Crippen molar-refractivity contribution in [2.24, 2.45) is 28.1 Å². The summed E-state index contributed by atoms with van der Waals surface area (Å²) < 4.78 is 1.73. The molecule has 2 aliphatic carbocycles. The molecule has 3 atom stereocenters. The fourth-order valence-electron chi connectivity index (χ4n) is 4.93. The molecule has 3 heteroatoms. The van der Waals surface area contributed by atoms with Crippen molar-refractivity contribution in [2.75, 3.05) is 0 Å². The molecule has 0 aliphatic heterocycles. The first kappa shape index (κ1) is 15.8. The number of rotatable bonds is 1. The Balaban J connectivity index is 2.01. The van der Waals surface area contributed by atoms with Gasteiger partial charge in [0.1, 0.15) is 6.33 Å². The first-order chi connectivity index (χ1) is 10.2. The normalized spacial score (nSPS) is 36.6. The van der Waals surface area contributed by atoms with Crippen LogP contribution in [0.15, 0.2) is 18.7 Å². The summed E-state index contributed by atoms with van der Waals surface area (Å²) in [6.45, 7) is 11.9. The van der Waals surface area contributed by atoms with Crippen LogP contribution in [0, 0.1) is 28.1 Å². The molecule has 0 saturated heterocycles. The van der Waals surface area contributed by atoms with Crippen molar-refractivity contribution < 1.29 is 4.79 Å². The van der Waals surface area contributed by atoms with Crippen molar-refractivity contribution >= 4 is 5.91 Å². The summed E-state index contributed by atoms with van der Waals surface area (Å²) >= 11 is 0. The van der Waals surface area contributed by atoms with Gasteiger partial charge in [0.05, 0.1) is 5.41 Å². The van der Waals surface area contributed by atoms with E-state index >= 15 is 0 Å². The lowest BCUT2D eigenvalue weighted by Crippen LogP contribution is -2.55. The molecule has 1 heterocycles. The van der Waals surface area contributed by atoms with E-state index < -0.39 is 0 Å². The van der Waals surface area contributed by atoms with Gasteiger partial charge in [-0.2, -0.15) is 0 Å². The molecule has 2 aliphatic rings. The molecule has 22 heavy (non-hydrogen) atoms. The van der Waals surface area contributed by atoms with E-state index in [4.69, 9.17) is 0 Å². The third-order valence-electron chi connectivity index (χ3n) is 6.95. The van der Waals surface area contributed by atoms with Crippen LogP contribution in [0.4, 0.5) is 0 Å². The van der Waals surface area contributed by atoms with Gasteiger partial charge >= 0.3 is 0 Å². The van der Waals surface area contributed by atoms with Crippen molar-refractivity contribution in [3.8, 4) is 0 Å². The predicted octanol–water partition coefficient (Wildman–Crippen LogP) is 4.79. The zero-order valence-electron chi connectivity index (χ0n) is 14.7. The summed E-state index contributed by atoms with van der Waals surface area (Å²) in [7, 11) is 0. The maximum Gasteiger partial charge on any atom is 0.238 e. The number of hydrogen-bond donors (Lipinski definition) is 0. The van der Waals surface area contributed by atoms with Gasteiger partial charge in [-0.25, -0.2) is 4.98 Å². The quantitative estimate of drug-likeness (QED) is 0.747. The minimum Gasteiger partial charge on any atom is -0.276 e. The Morgan fingerprint density at radius 3 is 2.45 bits per heavy atom. The number of hydrogen-bond acceptors (Lipinski definition) is 2. The maximum absolute atomic E-state index is 13.3. The highest BCUT2D eigenvalue weighted by atomic mass is 16.2. The molecule has 122 valence electrons. The van der Waals surface area contributed by atoms with Crippen molar-refractivity contribution in [1.82, 2.24) is 9.55 Å². The van der Waals surface area contributed by atoms with E-state index in [-0.39, 0.29) is 11.3 Å². The number of imidazole rings is 1. The van der Waals surface area contributed by atoms with Gasteiger partial charge in [-0.1, -0.05) is 34.6 Å². The Kier molecular flexibility index (Phi) is 3.54. The summed E-state index contributed by atoms with van der Waals surface area (Å²) in [5, 5.41) is 0. The van der Waals surface area contributed by atoms with E-state index in [0.717, 1.165) is 32.1 Å². The van der Waals surface area contributed by atoms with Gasteiger partial charge in [0.2, 0.25) is 5.91 Å². The number of nitrogens with zero attached hydrogens (tertiary/aromatic N) is 2. The lowest BCUT2D eigenvalue weighted by molar-refractivity contribution is -0.0719. The molecule has 2 fully saturated rings. The van der Waals surface area contributed by atoms with Crippen LogP contribution in [0.1, 0.15) is 71.5 Å². The second kappa shape index (κ2) is 4.94. The fourth-order valence-corrected chi connectivity index (χ4v) is 4.93. The average molecular weight is 302 g/mol. The van der Waals surface area contributed by atoms with Crippen molar-refractivity contribution in [3.05, 3.63) is 18.7 Å². The zero-order chi connectivity index (χ0) is 16.2. The molecular weight excluding hydrogens is 272 g/mol. The highest BCUT2D eigenvalue weighted by Gasteiger charge is 2.57. The molecule has 3 nitrogen and oxygen atoms in total. The molecule has 1 aromatic rings. The summed E-state index contributed by atoms with van der Waals surface area (Å²) in [5.41, 5.74) is 0.507. The Hall–Kier alpha value is -1.12. The highest BCUT2D eigenvalue weighted by molar-refractivity contribution is 5.85. The third kappa shape index (κ3) is 2.33. The van der Waals surface area contributed by atoms with E-state index in [1.165, 1.54) is 0 Å². The molecular formula is C19H30N2O. The highest BCUT2D eigenvalue weighted by Crippen LogP contribution is 2.61. The van der Waals surface area contributed by atoms with Gasteiger partial charge in [-0.15, -0.1) is 0 Å². The van der Waals surface area contributed by atoms with Gasteiger partial charge < -0.3 is 0 Å². The zero-order valence-corrected chi connectivity index (χ0v) is 14.7. The molecule has 2 saturated carbocycles. The molecule has 1 aromatic heterocycles. The smallest absolute Gasteiger partial charge is 0.238 e. The van der Waals surface area contributed by atoms with Crippen LogP contribution in [0.3, 0.4) is 0 Å². The molecule has 3 unspecified atom stereocenters. The summed E-state index contributed by atoms with van der Waals surface area (Å²) in [6, 6.07) is 0. The minimum atomic E-state index is -0.175. The minimum absolute atomic E-state index is 0.175. The largest absolute Gasteiger partial charge is 0.276 e. The summed E-state index contributed by atoms with van der Waals surface area (Å²) in [5.74, 6) is 1.34. The Bertz CT molecular complexity index is 554. The second-order valence-electron chi connectivity index (χ2n) is 9.18. The molecule has 0 aromatic carbocycles. The summed E-state index contributed by atoms with van der Waals surface area (Å²) in [6.07, 6.45) is 10.7. The lowest BCUT2D eigenvalue weighted by atomic mass is 9.46. The molecule has 0 amide bonds. The van der Waals surface area contributed by atoms with Crippen LogP contribution < -0.4 is 0 Å². The van der Waals surface area contributed by atoms with Crippen molar-refractivity contribution in [1.29, 1.82) is 0 Å². The first-order valence-corrected chi connectivity index (χ1v) is 8.71. The van der Waals surface area contributed by atoms with Gasteiger partial charge in [-0.3, -0.25) is 9.36 Å². The molecule has 0 bridgehead atoms. The average Bonchev–Trinajstić information content (AvgIpc) is 2.97. The van der Waals surface area contributed by atoms with Gasteiger partial charge in [-0.05, 0) is 54.8 Å². The van der Waals surface area contributed by atoms with Crippen LogP contribution in [-0.4, -0.2) is 15.5 Å².